The fraction of sp³-hybridized carbons (Fsp3) is 0.167. The zero-order valence-corrected chi connectivity index (χ0v) is 12.4. The molecule has 23 heavy (non-hydrogen) atoms. The molecule has 118 valence electrons. The van der Waals surface area contributed by atoms with Crippen LogP contribution in [0.2, 0.25) is 0 Å². The van der Waals surface area contributed by atoms with Crippen LogP contribution in [0.15, 0.2) is 60.8 Å². The summed E-state index contributed by atoms with van der Waals surface area (Å²) >= 11 is 0. The number of carbonyl (C=O) groups is 1. The lowest BCUT2D eigenvalue weighted by Crippen LogP contribution is -2.31. The summed E-state index contributed by atoms with van der Waals surface area (Å²) in [6, 6.07) is 15.5. The molecular weight excluding hydrogens is 295 g/mol. The van der Waals surface area contributed by atoms with E-state index in [0.29, 0.717) is 5.52 Å². The summed E-state index contributed by atoms with van der Waals surface area (Å²) in [6.45, 7) is 0.213. The van der Waals surface area contributed by atoms with E-state index in [4.69, 9.17) is 0 Å². The standard InChI is InChI=1S/C18H17FN2O2/c19-15-7-6-13-8-9-21(16(13)10-15)12-18(23)20-11-17(22)14-4-2-1-3-5-14/h1-10,17,22H,11-12H2,(H,20,23). The smallest absolute Gasteiger partial charge is 0.240 e. The highest BCUT2D eigenvalue weighted by Gasteiger charge is 2.10. The van der Waals surface area contributed by atoms with Crippen LogP contribution >= 0.6 is 0 Å². The Morgan fingerprint density at radius 3 is 2.74 bits per heavy atom. The number of hydrogen-bond acceptors (Lipinski definition) is 2. The second-order valence-electron chi connectivity index (χ2n) is 5.38. The highest BCUT2D eigenvalue weighted by atomic mass is 19.1. The van der Waals surface area contributed by atoms with Gasteiger partial charge in [-0.3, -0.25) is 4.79 Å². The molecule has 1 amide bonds. The molecular formula is C18H17FN2O2. The van der Waals surface area contributed by atoms with Crippen molar-refractivity contribution in [3.05, 3.63) is 72.2 Å². The molecule has 2 aromatic carbocycles. The number of nitrogens with one attached hydrogen (secondary N) is 1. The van der Waals surface area contributed by atoms with Gasteiger partial charge in [0.05, 0.1) is 11.6 Å². The first kappa shape index (κ1) is 15.2. The average Bonchev–Trinajstić information content (AvgIpc) is 2.95. The van der Waals surface area contributed by atoms with Crippen LogP contribution < -0.4 is 5.32 Å². The second kappa shape index (κ2) is 6.62. The monoisotopic (exact) mass is 312 g/mol. The van der Waals surface area contributed by atoms with E-state index in [9.17, 15) is 14.3 Å². The highest BCUT2D eigenvalue weighted by molar-refractivity contribution is 5.83. The minimum Gasteiger partial charge on any atom is -0.387 e. The van der Waals surface area contributed by atoms with Crippen LogP contribution in [-0.4, -0.2) is 22.1 Å². The van der Waals surface area contributed by atoms with Gasteiger partial charge in [0.25, 0.3) is 0 Å². The van der Waals surface area contributed by atoms with Gasteiger partial charge < -0.3 is 15.0 Å². The SMILES string of the molecule is O=C(Cn1ccc2ccc(F)cc21)NCC(O)c1ccccc1. The van der Waals surface area contributed by atoms with Gasteiger partial charge in [-0.1, -0.05) is 30.3 Å². The predicted octanol–water partition coefficient (Wildman–Crippen LogP) is 2.63. The Bertz CT molecular complexity index is 814. The molecule has 0 saturated carbocycles. The number of rotatable bonds is 5. The zero-order valence-electron chi connectivity index (χ0n) is 12.4. The lowest BCUT2D eigenvalue weighted by Gasteiger charge is -2.13. The maximum Gasteiger partial charge on any atom is 0.240 e. The van der Waals surface area contributed by atoms with E-state index in [1.165, 1.54) is 12.1 Å². The highest BCUT2D eigenvalue weighted by Crippen LogP contribution is 2.17. The lowest BCUT2D eigenvalue weighted by molar-refractivity contribution is -0.122. The van der Waals surface area contributed by atoms with E-state index in [1.807, 2.05) is 24.3 Å². The summed E-state index contributed by atoms with van der Waals surface area (Å²) in [5.41, 5.74) is 1.42. The number of carbonyl (C=O) groups excluding carboxylic acids is 1. The fourth-order valence-electron chi connectivity index (χ4n) is 2.51. The van der Waals surface area contributed by atoms with Crippen molar-refractivity contribution in [2.45, 2.75) is 12.6 Å². The lowest BCUT2D eigenvalue weighted by atomic mass is 10.1. The number of aliphatic hydroxyl groups is 1. The van der Waals surface area contributed by atoms with Gasteiger partial charge in [-0.25, -0.2) is 4.39 Å². The molecule has 1 unspecified atom stereocenters. The first-order valence-corrected chi connectivity index (χ1v) is 7.37. The van der Waals surface area contributed by atoms with E-state index >= 15 is 0 Å². The molecule has 0 radical (unpaired) electrons. The number of fused-ring (bicyclic) bond motifs is 1. The molecule has 0 bridgehead atoms. The van der Waals surface area contributed by atoms with Gasteiger partial charge in [0.1, 0.15) is 12.4 Å². The van der Waals surface area contributed by atoms with Crippen LogP contribution in [0, 0.1) is 5.82 Å². The summed E-state index contributed by atoms with van der Waals surface area (Å²) in [6.07, 6.45) is 0.996. The molecule has 1 heterocycles. The molecule has 0 aliphatic rings. The van der Waals surface area contributed by atoms with E-state index in [2.05, 4.69) is 5.32 Å². The number of hydrogen-bond donors (Lipinski definition) is 2. The van der Waals surface area contributed by atoms with Crippen molar-refractivity contribution in [3.8, 4) is 0 Å². The van der Waals surface area contributed by atoms with Crippen molar-refractivity contribution in [2.24, 2.45) is 0 Å². The quantitative estimate of drug-likeness (QED) is 0.761. The van der Waals surface area contributed by atoms with E-state index < -0.39 is 6.10 Å². The summed E-state index contributed by atoms with van der Waals surface area (Å²) in [5, 5.41) is 13.6. The van der Waals surface area contributed by atoms with Crippen molar-refractivity contribution < 1.29 is 14.3 Å². The number of amides is 1. The molecule has 1 aromatic heterocycles. The first-order valence-electron chi connectivity index (χ1n) is 7.37. The largest absolute Gasteiger partial charge is 0.387 e. The number of aliphatic hydroxyl groups excluding tert-OH is 1. The summed E-state index contributed by atoms with van der Waals surface area (Å²) in [4.78, 5) is 12.0. The Morgan fingerprint density at radius 1 is 1.17 bits per heavy atom. The van der Waals surface area contributed by atoms with Crippen LogP contribution in [0.1, 0.15) is 11.7 Å². The average molecular weight is 312 g/mol. The third-order valence-corrected chi connectivity index (χ3v) is 3.73. The number of halogens is 1. The number of benzene rings is 2. The maximum absolute atomic E-state index is 13.3. The zero-order chi connectivity index (χ0) is 16.2. The molecule has 0 saturated heterocycles. The normalized spacial score (nSPS) is 12.3. The minimum atomic E-state index is -0.751. The first-order chi connectivity index (χ1) is 11.1. The van der Waals surface area contributed by atoms with Crippen molar-refractivity contribution in [1.29, 1.82) is 0 Å². The molecule has 0 aliphatic carbocycles. The number of nitrogens with zero attached hydrogens (tertiary/aromatic N) is 1. The molecule has 2 N–H and O–H groups in total. The molecule has 0 spiro atoms. The number of aromatic nitrogens is 1. The van der Waals surface area contributed by atoms with Gasteiger partial charge in [-0.05, 0) is 35.2 Å². The molecule has 0 aliphatic heterocycles. The second-order valence-corrected chi connectivity index (χ2v) is 5.38. The van der Waals surface area contributed by atoms with Crippen LogP contribution in [0.5, 0.6) is 0 Å². The Kier molecular flexibility index (Phi) is 4.39. The fourth-order valence-corrected chi connectivity index (χ4v) is 2.51. The Balaban J connectivity index is 1.62. The van der Waals surface area contributed by atoms with Gasteiger partial charge in [0, 0.05) is 12.7 Å². The van der Waals surface area contributed by atoms with Crippen molar-refractivity contribution in [1.82, 2.24) is 9.88 Å². The van der Waals surface area contributed by atoms with Crippen LogP contribution in [0.25, 0.3) is 10.9 Å². The predicted molar refractivity (Wildman–Crippen MR) is 86.3 cm³/mol. The summed E-state index contributed by atoms with van der Waals surface area (Å²) in [5.74, 6) is -0.570. The van der Waals surface area contributed by atoms with Crippen LogP contribution in [0.3, 0.4) is 0 Å². The van der Waals surface area contributed by atoms with Crippen molar-refractivity contribution >= 4 is 16.8 Å². The molecule has 3 aromatic rings. The molecule has 1 atom stereocenters. The van der Waals surface area contributed by atoms with Gasteiger partial charge in [0.2, 0.25) is 5.91 Å². The molecule has 5 heteroatoms. The van der Waals surface area contributed by atoms with Gasteiger partial charge in [-0.15, -0.1) is 0 Å². The van der Waals surface area contributed by atoms with Crippen molar-refractivity contribution in [2.75, 3.05) is 6.54 Å². The van der Waals surface area contributed by atoms with Crippen LogP contribution in [-0.2, 0) is 11.3 Å². The molecule has 0 fully saturated rings. The third-order valence-electron chi connectivity index (χ3n) is 3.73. The minimum absolute atomic E-state index is 0.0778. The molecule has 3 rings (SSSR count). The Hall–Kier alpha value is -2.66. The van der Waals surface area contributed by atoms with Crippen LogP contribution in [0.4, 0.5) is 4.39 Å². The molecule has 4 nitrogen and oxygen atoms in total. The Morgan fingerprint density at radius 2 is 1.96 bits per heavy atom. The van der Waals surface area contributed by atoms with Crippen molar-refractivity contribution in [3.63, 3.8) is 0 Å². The van der Waals surface area contributed by atoms with E-state index in [1.54, 1.807) is 29.0 Å². The van der Waals surface area contributed by atoms with Gasteiger partial charge >= 0.3 is 0 Å². The summed E-state index contributed by atoms with van der Waals surface area (Å²) < 4.78 is 15.0. The van der Waals surface area contributed by atoms with Gasteiger partial charge in [0.15, 0.2) is 0 Å². The Labute approximate surface area is 133 Å². The topological polar surface area (TPSA) is 54.3 Å². The summed E-state index contributed by atoms with van der Waals surface area (Å²) in [7, 11) is 0. The van der Waals surface area contributed by atoms with E-state index in [-0.39, 0.29) is 24.8 Å². The van der Waals surface area contributed by atoms with Gasteiger partial charge in [-0.2, -0.15) is 0 Å². The maximum atomic E-state index is 13.3. The van der Waals surface area contributed by atoms with E-state index in [0.717, 1.165) is 10.9 Å². The third kappa shape index (κ3) is 3.57.